The maximum atomic E-state index is 12.8. The van der Waals surface area contributed by atoms with Crippen LogP contribution in [0.15, 0.2) is 23.1 Å². The molecule has 2 aliphatic rings. The van der Waals surface area contributed by atoms with Crippen LogP contribution in [0.2, 0.25) is 0 Å². The number of hydrogen-bond acceptors (Lipinski definition) is 7. The van der Waals surface area contributed by atoms with E-state index in [-0.39, 0.29) is 10.4 Å². The van der Waals surface area contributed by atoms with Crippen LogP contribution >= 0.6 is 11.8 Å². The van der Waals surface area contributed by atoms with Gasteiger partial charge in [-0.25, -0.2) is 4.79 Å². The maximum absolute atomic E-state index is 12.8. The van der Waals surface area contributed by atoms with Gasteiger partial charge in [-0.1, -0.05) is 6.08 Å². The van der Waals surface area contributed by atoms with E-state index in [4.69, 9.17) is 4.74 Å². The van der Waals surface area contributed by atoms with Gasteiger partial charge in [-0.15, -0.1) is 0 Å². The Kier molecular flexibility index (Phi) is 5.73. The second kappa shape index (κ2) is 7.83. The molecule has 2 amide bonds. The average molecular weight is 431 g/mol. The number of carbonyl (C=O) groups excluding carboxylic acids is 3. The molecule has 0 bridgehead atoms. The summed E-state index contributed by atoms with van der Waals surface area (Å²) < 4.78 is 10.2. The number of amides is 2. The molecule has 1 aromatic carbocycles. The van der Waals surface area contributed by atoms with Crippen LogP contribution in [0.25, 0.3) is 11.6 Å². The number of anilines is 1. The van der Waals surface area contributed by atoms with E-state index in [0.29, 0.717) is 11.3 Å². The summed E-state index contributed by atoms with van der Waals surface area (Å²) in [6, 6.07) is 2.92. The number of imide groups is 1. The Labute approximate surface area is 180 Å². The molecular weight excluding hydrogens is 404 g/mol. The zero-order valence-corrected chi connectivity index (χ0v) is 19.0. The molecule has 8 heteroatoms. The van der Waals surface area contributed by atoms with Crippen molar-refractivity contribution in [3.05, 3.63) is 34.2 Å². The number of likely N-dealkylation sites (N-methyl/N-ethyl adjacent to an activating group) is 1. The third-order valence-electron chi connectivity index (χ3n) is 5.61. The summed E-state index contributed by atoms with van der Waals surface area (Å²) in [5.41, 5.74) is 3.73. The minimum absolute atomic E-state index is 0.143. The Morgan fingerprint density at radius 2 is 1.90 bits per heavy atom. The predicted molar refractivity (Wildman–Crippen MR) is 118 cm³/mol. The van der Waals surface area contributed by atoms with Crippen LogP contribution in [0.4, 0.5) is 10.5 Å². The van der Waals surface area contributed by atoms with Gasteiger partial charge in [-0.05, 0) is 57.2 Å². The van der Waals surface area contributed by atoms with Crippen molar-refractivity contribution in [1.29, 1.82) is 0 Å². The number of thioether (sulfide) groups is 1. The van der Waals surface area contributed by atoms with Crippen LogP contribution in [0, 0.1) is 0 Å². The third kappa shape index (κ3) is 3.60. The normalized spacial score (nSPS) is 20.2. The van der Waals surface area contributed by atoms with Gasteiger partial charge in [0.25, 0.3) is 11.1 Å². The fraction of sp³-hybridized carbons (Fsp3) is 0.409. The number of methoxy groups -OCH3 is 2. The van der Waals surface area contributed by atoms with E-state index in [0.717, 1.165) is 33.5 Å². The molecule has 3 rings (SSSR count). The summed E-state index contributed by atoms with van der Waals surface area (Å²) in [4.78, 5) is 40.3. The predicted octanol–water partition coefficient (Wildman–Crippen LogP) is 3.92. The minimum atomic E-state index is -0.986. The van der Waals surface area contributed by atoms with Gasteiger partial charge < -0.3 is 14.4 Å². The SMILES string of the molecule is COC(=O)C(C)N1C(=O)S/C(=C\c2cc3c(cc2OC)N(C)C(C)(C)C=C3C)C1=O. The van der Waals surface area contributed by atoms with Crippen LogP contribution in [-0.4, -0.2) is 54.9 Å². The lowest BCUT2D eigenvalue weighted by Crippen LogP contribution is -2.42. The molecular formula is C22H26N2O5S. The standard InChI is InChI=1S/C22H26N2O5S/c1-12-11-22(3,4)23(5)16-10-17(28-6)14(8-15(12)16)9-18-19(25)24(21(27)30-18)13(2)20(26)29-7/h8-11,13H,1-7H3/b18-9-. The number of nitrogens with zero attached hydrogens (tertiary/aromatic N) is 2. The van der Waals surface area contributed by atoms with E-state index >= 15 is 0 Å². The summed E-state index contributed by atoms with van der Waals surface area (Å²) in [6.07, 6.45) is 3.83. The van der Waals surface area contributed by atoms with Crippen molar-refractivity contribution in [2.24, 2.45) is 0 Å². The molecule has 1 atom stereocenters. The summed E-state index contributed by atoms with van der Waals surface area (Å²) in [5.74, 6) is -0.566. The number of hydrogen-bond donors (Lipinski definition) is 0. The zero-order chi connectivity index (χ0) is 22.4. The van der Waals surface area contributed by atoms with Crippen molar-refractivity contribution in [2.45, 2.75) is 39.3 Å². The van der Waals surface area contributed by atoms with E-state index in [1.807, 2.05) is 19.2 Å². The first-order valence-electron chi connectivity index (χ1n) is 9.52. The molecule has 0 aliphatic carbocycles. The lowest BCUT2D eigenvalue weighted by molar-refractivity contribution is -0.148. The Morgan fingerprint density at radius 3 is 2.50 bits per heavy atom. The van der Waals surface area contributed by atoms with Crippen molar-refractivity contribution in [2.75, 3.05) is 26.2 Å². The van der Waals surface area contributed by atoms with E-state index in [1.54, 1.807) is 13.2 Å². The van der Waals surface area contributed by atoms with Crippen LogP contribution in [0.5, 0.6) is 5.75 Å². The molecule has 1 aromatic rings. The first-order chi connectivity index (χ1) is 14.0. The molecule has 30 heavy (non-hydrogen) atoms. The number of benzene rings is 1. The molecule has 0 spiro atoms. The lowest BCUT2D eigenvalue weighted by atomic mass is 9.88. The Bertz CT molecular complexity index is 995. The molecule has 0 aromatic heterocycles. The van der Waals surface area contributed by atoms with Gasteiger partial charge in [0.1, 0.15) is 11.8 Å². The largest absolute Gasteiger partial charge is 0.496 e. The molecule has 2 heterocycles. The summed E-state index contributed by atoms with van der Waals surface area (Å²) >= 11 is 0.801. The Morgan fingerprint density at radius 1 is 1.23 bits per heavy atom. The number of carbonyl (C=O) groups is 3. The van der Waals surface area contributed by atoms with E-state index in [9.17, 15) is 14.4 Å². The molecule has 0 N–H and O–H groups in total. The Balaban J connectivity index is 2.04. The van der Waals surface area contributed by atoms with Crippen molar-refractivity contribution in [3.63, 3.8) is 0 Å². The molecule has 0 radical (unpaired) electrons. The van der Waals surface area contributed by atoms with Crippen molar-refractivity contribution < 1.29 is 23.9 Å². The van der Waals surface area contributed by atoms with Gasteiger partial charge in [0.15, 0.2) is 0 Å². The van der Waals surface area contributed by atoms with Gasteiger partial charge in [0.05, 0.1) is 24.7 Å². The fourth-order valence-corrected chi connectivity index (χ4v) is 4.61. The van der Waals surface area contributed by atoms with Gasteiger partial charge in [0.2, 0.25) is 0 Å². The highest BCUT2D eigenvalue weighted by Crippen LogP contribution is 2.43. The number of ether oxygens (including phenoxy) is 2. The highest BCUT2D eigenvalue weighted by Gasteiger charge is 2.41. The molecule has 1 fully saturated rings. The zero-order valence-electron chi connectivity index (χ0n) is 18.2. The smallest absolute Gasteiger partial charge is 0.328 e. The van der Waals surface area contributed by atoms with E-state index in [1.165, 1.54) is 14.0 Å². The van der Waals surface area contributed by atoms with Crippen LogP contribution in [0.3, 0.4) is 0 Å². The molecule has 160 valence electrons. The van der Waals surface area contributed by atoms with Crippen molar-refractivity contribution in [3.8, 4) is 5.75 Å². The number of fused-ring (bicyclic) bond motifs is 1. The van der Waals surface area contributed by atoms with Gasteiger partial charge in [-0.2, -0.15) is 0 Å². The quantitative estimate of drug-likeness (QED) is 0.529. The minimum Gasteiger partial charge on any atom is -0.496 e. The second-order valence-corrected chi connectivity index (χ2v) is 8.90. The van der Waals surface area contributed by atoms with Crippen LogP contribution < -0.4 is 9.64 Å². The van der Waals surface area contributed by atoms with Crippen LogP contribution in [0.1, 0.15) is 38.8 Å². The molecule has 1 saturated heterocycles. The lowest BCUT2D eigenvalue weighted by Gasteiger charge is -2.41. The molecule has 1 unspecified atom stereocenters. The van der Waals surface area contributed by atoms with Crippen molar-refractivity contribution in [1.82, 2.24) is 4.90 Å². The molecule has 7 nitrogen and oxygen atoms in total. The Hall–Kier alpha value is -2.74. The highest BCUT2D eigenvalue weighted by molar-refractivity contribution is 8.18. The van der Waals surface area contributed by atoms with E-state index < -0.39 is 23.2 Å². The average Bonchev–Trinajstić information content (AvgIpc) is 2.97. The van der Waals surface area contributed by atoms with Gasteiger partial charge >= 0.3 is 5.97 Å². The molecule has 0 saturated carbocycles. The molecule has 2 aliphatic heterocycles. The summed E-state index contributed by atoms with van der Waals surface area (Å²) in [6.45, 7) is 7.79. The van der Waals surface area contributed by atoms with Crippen LogP contribution in [-0.2, 0) is 14.3 Å². The van der Waals surface area contributed by atoms with Crippen molar-refractivity contribution >= 4 is 46.2 Å². The van der Waals surface area contributed by atoms with Gasteiger partial charge in [0, 0.05) is 29.9 Å². The fourth-order valence-electron chi connectivity index (χ4n) is 3.71. The highest BCUT2D eigenvalue weighted by atomic mass is 32.2. The first-order valence-corrected chi connectivity index (χ1v) is 10.3. The monoisotopic (exact) mass is 430 g/mol. The first kappa shape index (κ1) is 22.0. The maximum Gasteiger partial charge on any atom is 0.328 e. The summed E-state index contributed by atoms with van der Waals surface area (Å²) in [7, 11) is 4.82. The number of esters is 1. The topological polar surface area (TPSA) is 76.2 Å². The number of rotatable bonds is 4. The van der Waals surface area contributed by atoms with E-state index in [2.05, 4.69) is 36.5 Å². The summed E-state index contributed by atoms with van der Waals surface area (Å²) in [5, 5.41) is -0.501. The second-order valence-electron chi connectivity index (χ2n) is 7.90. The third-order valence-corrected chi connectivity index (χ3v) is 6.49. The van der Waals surface area contributed by atoms with Gasteiger partial charge in [-0.3, -0.25) is 14.5 Å². The number of allylic oxidation sites excluding steroid dienone is 1.